The van der Waals surface area contributed by atoms with Crippen LogP contribution in [0.15, 0.2) is 29.0 Å². The van der Waals surface area contributed by atoms with Gasteiger partial charge in [0.05, 0.1) is 36.3 Å². The van der Waals surface area contributed by atoms with E-state index in [1.165, 1.54) is 6.33 Å². The van der Waals surface area contributed by atoms with Crippen molar-refractivity contribution in [3.63, 3.8) is 0 Å². The number of aliphatic hydroxyl groups is 1. The molecule has 1 aliphatic heterocycles. The molecule has 0 saturated carbocycles. The predicted octanol–water partition coefficient (Wildman–Crippen LogP) is 1.54. The third-order valence-corrected chi connectivity index (χ3v) is 4.47. The Morgan fingerprint density at radius 1 is 1.50 bits per heavy atom. The average Bonchev–Trinajstić information content (AvgIpc) is 2.53. The first-order valence-electron chi connectivity index (χ1n) is 7.23. The Morgan fingerprint density at radius 3 is 3.14 bits per heavy atom. The van der Waals surface area contributed by atoms with Gasteiger partial charge in [0, 0.05) is 17.1 Å². The van der Waals surface area contributed by atoms with Crippen molar-refractivity contribution >= 4 is 32.7 Å². The minimum absolute atomic E-state index is 0.00543. The van der Waals surface area contributed by atoms with Gasteiger partial charge in [-0.3, -0.25) is 0 Å². The Balaban J connectivity index is 1.84. The maximum atomic E-state index is 9.78. The molecule has 0 unspecified atom stereocenters. The van der Waals surface area contributed by atoms with Crippen molar-refractivity contribution in [2.24, 2.45) is 0 Å². The first-order valence-corrected chi connectivity index (χ1v) is 8.02. The predicted molar refractivity (Wildman–Crippen MR) is 89.0 cm³/mol. The van der Waals surface area contributed by atoms with Crippen molar-refractivity contribution in [2.75, 3.05) is 31.7 Å². The molecule has 3 rings (SSSR count). The number of morpholine rings is 1. The fraction of sp³-hybridized carbons (Fsp3) is 0.467. The van der Waals surface area contributed by atoms with Gasteiger partial charge in [0.2, 0.25) is 0 Å². The van der Waals surface area contributed by atoms with Crippen molar-refractivity contribution in [1.29, 1.82) is 0 Å². The van der Waals surface area contributed by atoms with Crippen LogP contribution in [0.5, 0.6) is 0 Å². The van der Waals surface area contributed by atoms with Crippen LogP contribution in [0.2, 0.25) is 0 Å². The summed E-state index contributed by atoms with van der Waals surface area (Å²) >= 11 is 3.54. The molecule has 0 aliphatic carbocycles. The van der Waals surface area contributed by atoms with Crippen molar-refractivity contribution in [3.05, 3.63) is 29.0 Å². The number of aliphatic hydroxyl groups excluding tert-OH is 1. The lowest BCUT2D eigenvalue weighted by molar-refractivity contribution is -0.0157. The average molecular weight is 367 g/mol. The van der Waals surface area contributed by atoms with Crippen LogP contribution in [0, 0.1) is 0 Å². The molecule has 2 atom stereocenters. The summed E-state index contributed by atoms with van der Waals surface area (Å²) in [4.78, 5) is 8.61. The van der Waals surface area contributed by atoms with E-state index < -0.39 is 5.54 Å². The van der Waals surface area contributed by atoms with Gasteiger partial charge in [-0.25, -0.2) is 9.97 Å². The van der Waals surface area contributed by atoms with Gasteiger partial charge in [-0.2, -0.15) is 0 Å². The molecular formula is C15H19BrN4O2. The number of ether oxygens (including phenoxy) is 1. The smallest absolute Gasteiger partial charge is 0.138 e. The number of rotatable bonds is 4. The molecule has 2 aromatic rings. The van der Waals surface area contributed by atoms with Crippen molar-refractivity contribution < 1.29 is 9.84 Å². The molecule has 1 saturated heterocycles. The van der Waals surface area contributed by atoms with Crippen LogP contribution >= 0.6 is 15.9 Å². The van der Waals surface area contributed by atoms with E-state index in [0.29, 0.717) is 19.8 Å². The van der Waals surface area contributed by atoms with Gasteiger partial charge in [-0.05, 0) is 35.0 Å². The molecule has 3 N–H and O–H groups in total. The topological polar surface area (TPSA) is 79.3 Å². The summed E-state index contributed by atoms with van der Waals surface area (Å²) in [5.74, 6) is 0.741. The van der Waals surface area contributed by atoms with Crippen LogP contribution in [-0.2, 0) is 4.74 Å². The second-order valence-corrected chi connectivity index (χ2v) is 6.56. The van der Waals surface area contributed by atoms with Crippen LogP contribution in [0.3, 0.4) is 0 Å². The highest BCUT2D eigenvalue weighted by Gasteiger charge is 2.34. The molecule has 1 aromatic carbocycles. The summed E-state index contributed by atoms with van der Waals surface area (Å²) in [6, 6.07) is 6.05. The van der Waals surface area contributed by atoms with Gasteiger partial charge >= 0.3 is 0 Å². The summed E-state index contributed by atoms with van der Waals surface area (Å²) in [7, 11) is 0. The fourth-order valence-corrected chi connectivity index (χ4v) is 3.28. The number of nitrogens with one attached hydrogen (secondary N) is 2. The molecular weight excluding hydrogens is 348 g/mol. The first kappa shape index (κ1) is 15.6. The minimum Gasteiger partial charge on any atom is -0.394 e. The van der Waals surface area contributed by atoms with E-state index >= 15 is 0 Å². The summed E-state index contributed by atoms with van der Waals surface area (Å²) < 4.78 is 6.52. The lowest BCUT2D eigenvalue weighted by Gasteiger charge is -2.40. The third-order valence-electron chi connectivity index (χ3n) is 3.81. The number of benzene rings is 1. The molecule has 22 heavy (non-hydrogen) atoms. The standard InChI is InChI=1S/C15H19BrN4O2/c1-10-5-22-8-15(7-21,20-10)6-17-14-13-11(16)3-2-4-12(13)18-9-19-14/h2-4,9-10,20-21H,5-8H2,1H3,(H,17,18,19)/t10-,15+/m1/s1. The number of hydrogen-bond donors (Lipinski definition) is 3. The maximum Gasteiger partial charge on any atom is 0.138 e. The number of nitrogens with zero attached hydrogens (tertiary/aromatic N) is 2. The molecule has 0 radical (unpaired) electrons. The third kappa shape index (κ3) is 3.08. The molecule has 0 spiro atoms. The van der Waals surface area contributed by atoms with Gasteiger partial charge < -0.3 is 20.5 Å². The zero-order valence-corrected chi connectivity index (χ0v) is 13.9. The van der Waals surface area contributed by atoms with E-state index in [4.69, 9.17) is 4.74 Å². The lowest BCUT2D eigenvalue weighted by atomic mass is 9.98. The minimum atomic E-state index is -0.504. The second kappa shape index (κ2) is 6.45. The SMILES string of the molecule is C[C@@H]1COC[C@@](CO)(CNc2ncnc3cccc(Br)c23)N1. The molecule has 1 aliphatic rings. The van der Waals surface area contributed by atoms with E-state index in [9.17, 15) is 5.11 Å². The van der Waals surface area contributed by atoms with Crippen LogP contribution in [0.4, 0.5) is 5.82 Å². The number of fused-ring (bicyclic) bond motifs is 1. The second-order valence-electron chi connectivity index (χ2n) is 5.71. The normalized spacial score (nSPS) is 25.3. The monoisotopic (exact) mass is 366 g/mol. The van der Waals surface area contributed by atoms with Crippen LogP contribution in [-0.4, -0.2) is 53.0 Å². The number of anilines is 1. The lowest BCUT2D eigenvalue weighted by Crippen LogP contribution is -2.63. The van der Waals surface area contributed by atoms with Crippen molar-refractivity contribution in [2.45, 2.75) is 18.5 Å². The molecule has 1 aromatic heterocycles. The van der Waals surface area contributed by atoms with Crippen LogP contribution in [0.1, 0.15) is 6.92 Å². The van der Waals surface area contributed by atoms with Gasteiger partial charge in [-0.15, -0.1) is 0 Å². The maximum absolute atomic E-state index is 9.78. The Morgan fingerprint density at radius 2 is 2.36 bits per heavy atom. The fourth-order valence-electron chi connectivity index (χ4n) is 2.74. The Hall–Kier alpha value is -1.28. The number of halogens is 1. The summed E-state index contributed by atoms with van der Waals surface area (Å²) in [6.07, 6.45) is 1.54. The van der Waals surface area contributed by atoms with E-state index in [2.05, 4.69) is 36.5 Å². The molecule has 6 nitrogen and oxygen atoms in total. The van der Waals surface area contributed by atoms with E-state index in [1.807, 2.05) is 25.1 Å². The van der Waals surface area contributed by atoms with Crippen LogP contribution < -0.4 is 10.6 Å². The Labute approximate surface area is 137 Å². The zero-order chi connectivity index (χ0) is 15.6. The first-order chi connectivity index (χ1) is 10.6. The van der Waals surface area contributed by atoms with Crippen molar-refractivity contribution in [3.8, 4) is 0 Å². The van der Waals surface area contributed by atoms with E-state index in [1.54, 1.807) is 0 Å². The highest BCUT2D eigenvalue weighted by molar-refractivity contribution is 9.10. The summed E-state index contributed by atoms with van der Waals surface area (Å²) in [6.45, 7) is 3.67. The van der Waals surface area contributed by atoms with Gasteiger partial charge in [0.15, 0.2) is 0 Å². The molecule has 0 bridgehead atoms. The Bertz CT molecular complexity index is 664. The molecule has 2 heterocycles. The molecule has 7 heteroatoms. The summed E-state index contributed by atoms with van der Waals surface area (Å²) in [5, 5.41) is 17.5. The van der Waals surface area contributed by atoms with Gasteiger partial charge in [0.25, 0.3) is 0 Å². The highest BCUT2D eigenvalue weighted by atomic mass is 79.9. The van der Waals surface area contributed by atoms with Crippen LogP contribution in [0.25, 0.3) is 10.9 Å². The quantitative estimate of drug-likeness (QED) is 0.761. The highest BCUT2D eigenvalue weighted by Crippen LogP contribution is 2.28. The number of aromatic nitrogens is 2. The zero-order valence-electron chi connectivity index (χ0n) is 12.3. The molecule has 1 fully saturated rings. The van der Waals surface area contributed by atoms with Gasteiger partial charge in [0.1, 0.15) is 12.1 Å². The van der Waals surface area contributed by atoms with Crippen molar-refractivity contribution in [1.82, 2.24) is 15.3 Å². The van der Waals surface area contributed by atoms with Gasteiger partial charge in [-0.1, -0.05) is 6.07 Å². The Kier molecular flexibility index (Phi) is 4.58. The number of hydrogen-bond acceptors (Lipinski definition) is 6. The molecule has 118 valence electrons. The van der Waals surface area contributed by atoms with E-state index in [-0.39, 0.29) is 12.6 Å². The largest absolute Gasteiger partial charge is 0.394 e. The molecule has 0 amide bonds. The van der Waals surface area contributed by atoms with E-state index in [0.717, 1.165) is 21.2 Å². The summed E-state index contributed by atoms with van der Waals surface area (Å²) in [5.41, 5.74) is 0.363.